The van der Waals surface area contributed by atoms with Gasteiger partial charge < -0.3 is 5.32 Å². The molecule has 0 atom stereocenters. The number of aryl methyl sites for hydroxylation is 2. The van der Waals surface area contributed by atoms with Gasteiger partial charge in [0.05, 0.1) is 0 Å². The Morgan fingerprint density at radius 3 is 2.54 bits per heavy atom. The number of nitrogens with one attached hydrogen (secondary N) is 1. The van der Waals surface area contributed by atoms with Crippen LogP contribution in [0.2, 0.25) is 10.3 Å². The minimum absolute atomic E-state index is 0.0544. The van der Waals surface area contributed by atoms with Crippen LogP contribution in [0.4, 0.5) is 5.69 Å². The second-order valence-corrected chi connectivity index (χ2v) is 6.63. The van der Waals surface area contributed by atoms with E-state index in [2.05, 4.69) is 10.3 Å². The van der Waals surface area contributed by atoms with Crippen molar-refractivity contribution in [2.24, 2.45) is 14.1 Å². The van der Waals surface area contributed by atoms with Gasteiger partial charge in [-0.2, -0.15) is 4.98 Å². The van der Waals surface area contributed by atoms with E-state index in [1.165, 1.54) is 23.2 Å². The molecule has 0 aliphatic carbocycles. The lowest BCUT2D eigenvalue weighted by atomic mass is 10.2. The molecule has 3 aromatic rings. The molecule has 3 rings (SSSR count). The molecule has 26 heavy (non-hydrogen) atoms. The van der Waals surface area contributed by atoms with Crippen LogP contribution in [0.5, 0.6) is 0 Å². The first-order chi connectivity index (χ1) is 12.2. The molecule has 8 nitrogen and oxygen atoms in total. The number of aromatic nitrogens is 4. The maximum atomic E-state index is 12.5. The summed E-state index contributed by atoms with van der Waals surface area (Å²) in [5, 5.41) is 3.25. The second kappa shape index (κ2) is 6.62. The Morgan fingerprint density at radius 1 is 1.19 bits per heavy atom. The molecule has 0 bridgehead atoms. The van der Waals surface area contributed by atoms with Gasteiger partial charge in [-0.1, -0.05) is 11.6 Å². The van der Waals surface area contributed by atoms with Gasteiger partial charge in [0.25, 0.3) is 5.56 Å². The highest BCUT2D eigenvalue weighted by Gasteiger charge is 2.20. The fourth-order valence-electron chi connectivity index (χ4n) is 2.66. The Labute approximate surface area is 157 Å². The van der Waals surface area contributed by atoms with Crippen LogP contribution in [0.3, 0.4) is 0 Å². The van der Waals surface area contributed by atoms with Crippen LogP contribution in [0.25, 0.3) is 11.2 Å². The number of halogens is 2. The third-order valence-corrected chi connectivity index (χ3v) is 4.59. The molecular formula is C16H15Cl2N5O3. The number of imidazole rings is 1. The van der Waals surface area contributed by atoms with Crippen molar-refractivity contribution in [1.82, 2.24) is 18.7 Å². The molecule has 1 N–H and O–H groups in total. The quantitative estimate of drug-likeness (QED) is 0.683. The van der Waals surface area contributed by atoms with Gasteiger partial charge in [-0.05, 0) is 42.3 Å². The minimum Gasteiger partial charge on any atom is -0.324 e. The summed E-state index contributed by atoms with van der Waals surface area (Å²) in [4.78, 5) is 40.9. The van der Waals surface area contributed by atoms with Crippen LogP contribution in [0.1, 0.15) is 5.56 Å². The Bertz CT molecular complexity index is 1160. The van der Waals surface area contributed by atoms with Gasteiger partial charge in [0.2, 0.25) is 11.2 Å². The number of hydrogen-bond donors (Lipinski definition) is 1. The average molecular weight is 396 g/mol. The van der Waals surface area contributed by atoms with Crippen molar-refractivity contribution in [2.75, 3.05) is 5.32 Å². The van der Waals surface area contributed by atoms with E-state index in [0.29, 0.717) is 10.7 Å². The first kappa shape index (κ1) is 18.2. The number of amides is 1. The first-order valence-electron chi connectivity index (χ1n) is 7.58. The molecular weight excluding hydrogens is 381 g/mol. The lowest BCUT2D eigenvalue weighted by Crippen LogP contribution is -2.37. The lowest BCUT2D eigenvalue weighted by molar-refractivity contribution is -0.116. The van der Waals surface area contributed by atoms with E-state index in [-0.39, 0.29) is 23.0 Å². The van der Waals surface area contributed by atoms with Crippen LogP contribution < -0.4 is 16.6 Å². The van der Waals surface area contributed by atoms with E-state index in [9.17, 15) is 14.4 Å². The summed E-state index contributed by atoms with van der Waals surface area (Å²) in [6.07, 6.45) is 0. The molecule has 136 valence electrons. The molecule has 2 heterocycles. The van der Waals surface area contributed by atoms with Crippen molar-refractivity contribution in [3.8, 4) is 0 Å². The summed E-state index contributed by atoms with van der Waals surface area (Å²) in [7, 11) is 2.83. The number of carbonyl (C=O) groups excluding carboxylic acids is 1. The van der Waals surface area contributed by atoms with Crippen LogP contribution in [-0.4, -0.2) is 24.6 Å². The predicted molar refractivity (Wildman–Crippen MR) is 100 cm³/mol. The number of nitrogens with zero attached hydrogens (tertiary/aromatic N) is 4. The zero-order valence-electron chi connectivity index (χ0n) is 14.2. The van der Waals surface area contributed by atoms with Crippen molar-refractivity contribution < 1.29 is 4.79 Å². The normalized spacial score (nSPS) is 11.1. The Kier molecular flexibility index (Phi) is 4.64. The fourth-order valence-corrected chi connectivity index (χ4v) is 3.12. The molecule has 0 aliphatic heterocycles. The predicted octanol–water partition coefficient (Wildman–Crippen LogP) is 1.69. The first-order valence-corrected chi connectivity index (χ1v) is 8.34. The van der Waals surface area contributed by atoms with Gasteiger partial charge in [0, 0.05) is 24.8 Å². The highest BCUT2D eigenvalue weighted by molar-refractivity contribution is 6.30. The third kappa shape index (κ3) is 3.02. The Balaban J connectivity index is 2.01. The fraction of sp³-hybridized carbons (Fsp3) is 0.250. The summed E-state index contributed by atoms with van der Waals surface area (Å²) >= 11 is 12.0. The van der Waals surface area contributed by atoms with Crippen LogP contribution in [0.15, 0.2) is 27.8 Å². The molecule has 10 heteroatoms. The van der Waals surface area contributed by atoms with Crippen LogP contribution in [0, 0.1) is 6.92 Å². The molecule has 0 saturated heterocycles. The van der Waals surface area contributed by atoms with E-state index in [1.54, 1.807) is 18.2 Å². The zero-order valence-corrected chi connectivity index (χ0v) is 15.7. The SMILES string of the molecule is Cc1cc(Cl)ccc1NC(=O)Cn1c(Cl)nc2c1c(=O)n(C)c(=O)n2C. The summed E-state index contributed by atoms with van der Waals surface area (Å²) in [5.74, 6) is -0.396. The van der Waals surface area contributed by atoms with E-state index < -0.39 is 17.2 Å². The Hall–Kier alpha value is -2.58. The second-order valence-electron chi connectivity index (χ2n) is 5.85. The number of rotatable bonds is 3. The Morgan fingerprint density at radius 2 is 1.88 bits per heavy atom. The van der Waals surface area contributed by atoms with Gasteiger partial charge in [0.1, 0.15) is 6.54 Å². The van der Waals surface area contributed by atoms with Crippen molar-refractivity contribution in [3.63, 3.8) is 0 Å². The highest BCUT2D eigenvalue weighted by Crippen LogP contribution is 2.20. The maximum Gasteiger partial charge on any atom is 0.332 e. The van der Waals surface area contributed by atoms with Crippen LogP contribution in [-0.2, 0) is 25.4 Å². The van der Waals surface area contributed by atoms with Crippen molar-refractivity contribution in [2.45, 2.75) is 13.5 Å². The average Bonchev–Trinajstić information content (AvgIpc) is 2.90. The summed E-state index contributed by atoms with van der Waals surface area (Å²) in [5.41, 5.74) is 0.509. The largest absolute Gasteiger partial charge is 0.332 e. The van der Waals surface area contributed by atoms with Crippen molar-refractivity contribution in [3.05, 3.63) is 54.9 Å². The molecule has 0 unspecified atom stereocenters. The molecule has 0 fully saturated rings. The molecule has 0 spiro atoms. The summed E-state index contributed by atoms with van der Waals surface area (Å²) in [6.45, 7) is 1.58. The maximum absolute atomic E-state index is 12.5. The van der Waals surface area contributed by atoms with Gasteiger partial charge >= 0.3 is 5.69 Å². The monoisotopic (exact) mass is 395 g/mol. The van der Waals surface area contributed by atoms with E-state index in [1.807, 2.05) is 6.92 Å². The topological polar surface area (TPSA) is 90.9 Å². The molecule has 1 amide bonds. The van der Waals surface area contributed by atoms with Crippen molar-refractivity contribution >= 4 is 46.0 Å². The van der Waals surface area contributed by atoms with Gasteiger partial charge in [-0.25, -0.2) is 4.79 Å². The summed E-state index contributed by atoms with van der Waals surface area (Å²) < 4.78 is 3.43. The van der Waals surface area contributed by atoms with Crippen molar-refractivity contribution in [1.29, 1.82) is 0 Å². The molecule has 0 aliphatic rings. The number of fused-ring (bicyclic) bond motifs is 1. The number of benzene rings is 1. The zero-order chi connectivity index (χ0) is 19.2. The number of carbonyl (C=O) groups is 1. The summed E-state index contributed by atoms with van der Waals surface area (Å²) in [6, 6.07) is 5.07. The smallest absolute Gasteiger partial charge is 0.324 e. The van der Waals surface area contributed by atoms with E-state index in [0.717, 1.165) is 10.1 Å². The van der Waals surface area contributed by atoms with Gasteiger partial charge in [-0.15, -0.1) is 0 Å². The van der Waals surface area contributed by atoms with E-state index in [4.69, 9.17) is 23.2 Å². The molecule has 1 aromatic carbocycles. The van der Waals surface area contributed by atoms with Gasteiger partial charge in [-0.3, -0.25) is 23.3 Å². The number of hydrogen-bond acceptors (Lipinski definition) is 4. The minimum atomic E-state index is -0.571. The molecule has 0 radical (unpaired) electrons. The third-order valence-electron chi connectivity index (χ3n) is 4.07. The molecule has 0 saturated carbocycles. The van der Waals surface area contributed by atoms with Crippen LogP contribution >= 0.6 is 23.2 Å². The standard InChI is InChI=1S/C16H15Cl2N5O3/c1-8-6-9(17)4-5-10(8)19-11(24)7-23-12-13(20-15(23)18)21(2)16(26)22(3)14(12)25/h4-6H,7H2,1-3H3,(H,19,24). The lowest BCUT2D eigenvalue weighted by Gasteiger charge is -2.10. The highest BCUT2D eigenvalue weighted by atomic mass is 35.5. The number of anilines is 1. The van der Waals surface area contributed by atoms with E-state index >= 15 is 0 Å². The van der Waals surface area contributed by atoms with Gasteiger partial charge in [0.15, 0.2) is 11.2 Å². The molecule has 2 aromatic heterocycles.